The molecule has 1 aromatic heterocycles. The number of rotatable bonds is 2. The SMILES string of the molecule is Cc1[nH]c(C(N)=O)nc1C1CCCCC1. The molecule has 1 aromatic rings. The lowest BCUT2D eigenvalue weighted by Gasteiger charge is -2.20. The molecule has 0 radical (unpaired) electrons. The average molecular weight is 207 g/mol. The highest BCUT2D eigenvalue weighted by molar-refractivity contribution is 5.89. The predicted molar refractivity (Wildman–Crippen MR) is 57.7 cm³/mol. The lowest BCUT2D eigenvalue weighted by molar-refractivity contribution is 0.0991. The maximum atomic E-state index is 11.0. The molecular formula is C11H17N3O. The van der Waals surface area contributed by atoms with Gasteiger partial charge in [-0.25, -0.2) is 4.98 Å². The molecule has 1 aliphatic carbocycles. The summed E-state index contributed by atoms with van der Waals surface area (Å²) in [6.07, 6.45) is 6.22. The molecule has 3 N–H and O–H groups in total. The Morgan fingerprint density at radius 2 is 2.07 bits per heavy atom. The Morgan fingerprint density at radius 3 is 2.60 bits per heavy atom. The molecule has 82 valence electrons. The number of nitrogens with two attached hydrogens (primary N) is 1. The second-order valence-electron chi connectivity index (χ2n) is 4.29. The Bertz CT molecular complexity index is 364. The van der Waals surface area contributed by atoms with Crippen molar-refractivity contribution in [3.8, 4) is 0 Å². The third kappa shape index (κ3) is 2.03. The summed E-state index contributed by atoms with van der Waals surface area (Å²) in [5, 5.41) is 0. The van der Waals surface area contributed by atoms with Crippen molar-refractivity contribution in [3.05, 3.63) is 17.2 Å². The molecule has 0 saturated heterocycles. The minimum Gasteiger partial charge on any atom is -0.363 e. The van der Waals surface area contributed by atoms with E-state index in [1.165, 1.54) is 32.1 Å². The van der Waals surface area contributed by atoms with E-state index in [2.05, 4.69) is 9.97 Å². The molecule has 0 atom stereocenters. The number of primary amides is 1. The van der Waals surface area contributed by atoms with Gasteiger partial charge in [0.2, 0.25) is 0 Å². The lowest BCUT2D eigenvalue weighted by atomic mass is 9.86. The lowest BCUT2D eigenvalue weighted by Crippen LogP contribution is -2.13. The summed E-state index contributed by atoms with van der Waals surface area (Å²) in [6.45, 7) is 1.96. The van der Waals surface area contributed by atoms with Crippen molar-refractivity contribution in [3.63, 3.8) is 0 Å². The summed E-state index contributed by atoms with van der Waals surface area (Å²) in [7, 11) is 0. The van der Waals surface area contributed by atoms with E-state index >= 15 is 0 Å². The van der Waals surface area contributed by atoms with Crippen LogP contribution >= 0.6 is 0 Å². The number of hydrogen-bond acceptors (Lipinski definition) is 2. The number of amides is 1. The quantitative estimate of drug-likeness (QED) is 0.777. The third-order valence-corrected chi connectivity index (χ3v) is 3.15. The van der Waals surface area contributed by atoms with Crippen LogP contribution in [-0.2, 0) is 0 Å². The Kier molecular flexibility index (Phi) is 2.75. The number of nitrogens with zero attached hydrogens (tertiary/aromatic N) is 1. The highest BCUT2D eigenvalue weighted by Crippen LogP contribution is 2.32. The topological polar surface area (TPSA) is 71.8 Å². The molecule has 0 unspecified atom stereocenters. The summed E-state index contributed by atoms with van der Waals surface area (Å²) in [4.78, 5) is 18.2. The summed E-state index contributed by atoms with van der Waals surface area (Å²) in [6, 6.07) is 0. The number of imidazole rings is 1. The summed E-state index contributed by atoms with van der Waals surface area (Å²) in [5.41, 5.74) is 7.23. The second kappa shape index (κ2) is 4.04. The van der Waals surface area contributed by atoms with E-state index in [-0.39, 0.29) is 0 Å². The normalized spacial score (nSPS) is 17.9. The van der Waals surface area contributed by atoms with Crippen LogP contribution in [0, 0.1) is 6.92 Å². The standard InChI is InChI=1S/C11H17N3O/c1-7-9(8-5-3-2-4-6-8)14-11(13-7)10(12)15/h8H,2-6H2,1H3,(H2,12,15)(H,13,14). The molecule has 0 aromatic carbocycles. The van der Waals surface area contributed by atoms with Gasteiger partial charge < -0.3 is 10.7 Å². The Hall–Kier alpha value is -1.32. The van der Waals surface area contributed by atoms with Crippen LogP contribution in [-0.4, -0.2) is 15.9 Å². The van der Waals surface area contributed by atoms with E-state index in [9.17, 15) is 4.79 Å². The highest BCUT2D eigenvalue weighted by atomic mass is 16.1. The molecule has 1 amide bonds. The van der Waals surface area contributed by atoms with Gasteiger partial charge >= 0.3 is 0 Å². The molecule has 1 heterocycles. The molecule has 1 fully saturated rings. The van der Waals surface area contributed by atoms with Crippen molar-refractivity contribution >= 4 is 5.91 Å². The van der Waals surface area contributed by atoms with Crippen LogP contribution in [0.1, 0.15) is 60.0 Å². The van der Waals surface area contributed by atoms with Crippen molar-refractivity contribution in [2.24, 2.45) is 5.73 Å². The van der Waals surface area contributed by atoms with E-state index < -0.39 is 5.91 Å². The first kappa shape index (κ1) is 10.2. The summed E-state index contributed by atoms with van der Waals surface area (Å²) >= 11 is 0. The van der Waals surface area contributed by atoms with Crippen molar-refractivity contribution in [2.45, 2.75) is 44.9 Å². The number of aromatic nitrogens is 2. The Balaban J connectivity index is 2.22. The number of H-pyrrole nitrogens is 1. The van der Waals surface area contributed by atoms with E-state index in [0.717, 1.165) is 11.4 Å². The monoisotopic (exact) mass is 207 g/mol. The van der Waals surface area contributed by atoms with Gasteiger partial charge in [-0.1, -0.05) is 19.3 Å². The van der Waals surface area contributed by atoms with Gasteiger partial charge in [0, 0.05) is 11.6 Å². The van der Waals surface area contributed by atoms with Gasteiger partial charge in [-0.15, -0.1) is 0 Å². The molecule has 4 heteroatoms. The van der Waals surface area contributed by atoms with Gasteiger partial charge in [0.05, 0.1) is 5.69 Å². The smallest absolute Gasteiger partial charge is 0.284 e. The van der Waals surface area contributed by atoms with Gasteiger partial charge in [0.25, 0.3) is 5.91 Å². The van der Waals surface area contributed by atoms with Crippen LogP contribution in [0.15, 0.2) is 0 Å². The average Bonchev–Trinajstić information content (AvgIpc) is 2.62. The predicted octanol–water partition coefficient (Wildman–Crippen LogP) is 1.86. The number of carbonyl (C=O) groups is 1. The van der Waals surface area contributed by atoms with E-state index in [1.807, 2.05) is 6.92 Å². The summed E-state index contributed by atoms with van der Waals surface area (Å²) in [5.74, 6) is 0.344. The fourth-order valence-electron chi connectivity index (χ4n) is 2.36. The van der Waals surface area contributed by atoms with Crippen LogP contribution < -0.4 is 5.73 Å². The Labute approximate surface area is 89.3 Å². The minimum atomic E-state index is -0.472. The number of hydrogen-bond donors (Lipinski definition) is 2. The largest absolute Gasteiger partial charge is 0.363 e. The molecule has 1 aliphatic rings. The van der Waals surface area contributed by atoms with E-state index in [4.69, 9.17) is 5.73 Å². The molecule has 2 rings (SSSR count). The van der Waals surface area contributed by atoms with Crippen LogP contribution in [0.4, 0.5) is 0 Å². The first-order valence-corrected chi connectivity index (χ1v) is 5.55. The van der Waals surface area contributed by atoms with Crippen molar-refractivity contribution < 1.29 is 4.79 Å². The van der Waals surface area contributed by atoms with Crippen LogP contribution in [0.3, 0.4) is 0 Å². The van der Waals surface area contributed by atoms with Crippen LogP contribution in [0.5, 0.6) is 0 Å². The zero-order valence-electron chi connectivity index (χ0n) is 9.05. The molecule has 15 heavy (non-hydrogen) atoms. The molecule has 0 bridgehead atoms. The number of aryl methyl sites for hydroxylation is 1. The molecular weight excluding hydrogens is 190 g/mol. The number of carbonyl (C=O) groups excluding carboxylic acids is 1. The van der Waals surface area contributed by atoms with Gasteiger partial charge in [-0.3, -0.25) is 4.79 Å². The highest BCUT2D eigenvalue weighted by Gasteiger charge is 2.21. The van der Waals surface area contributed by atoms with Gasteiger partial charge in [-0.05, 0) is 19.8 Å². The maximum Gasteiger partial charge on any atom is 0.284 e. The van der Waals surface area contributed by atoms with Crippen LogP contribution in [0.2, 0.25) is 0 Å². The first-order chi connectivity index (χ1) is 7.18. The molecule has 1 saturated carbocycles. The first-order valence-electron chi connectivity index (χ1n) is 5.55. The molecule has 0 aliphatic heterocycles. The number of aromatic amines is 1. The van der Waals surface area contributed by atoms with E-state index in [0.29, 0.717) is 11.7 Å². The molecule has 0 spiro atoms. The van der Waals surface area contributed by atoms with Gasteiger partial charge in [-0.2, -0.15) is 0 Å². The fourth-order valence-corrected chi connectivity index (χ4v) is 2.36. The number of nitrogens with one attached hydrogen (secondary N) is 1. The van der Waals surface area contributed by atoms with Crippen molar-refractivity contribution in [1.82, 2.24) is 9.97 Å². The minimum absolute atomic E-state index is 0.299. The zero-order chi connectivity index (χ0) is 10.8. The summed E-state index contributed by atoms with van der Waals surface area (Å²) < 4.78 is 0. The molecule has 4 nitrogen and oxygen atoms in total. The Morgan fingerprint density at radius 1 is 1.40 bits per heavy atom. The van der Waals surface area contributed by atoms with Gasteiger partial charge in [0.15, 0.2) is 5.82 Å². The van der Waals surface area contributed by atoms with Crippen LogP contribution in [0.25, 0.3) is 0 Å². The zero-order valence-corrected chi connectivity index (χ0v) is 9.05. The second-order valence-corrected chi connectivity index (χ2v) is 4.29. The van der Waals surface area contributed by atoms with E-state index in [1.54, 1.807) is 0 Å². The third-order valence-electron chi connectivity index (χ3n) is 3.15. The fraction of sp³-hybridized carbons (Fsp3) is 0.636. The van der Waals surface area contributed by atoms with Crippen molar-refractivity contribution in [2.75, 3.05) is 0 Å². The van der Waals surface area contributed by atoms with Crippen molar-refractivity contribution in [1.29, 1.82) is 0 Å². The van der Waals surface area contributed by atoms with Gasteiger partial charge in [0.1, 0.15) is 0 Å². The maximum absolute atomic E-state index is 11.0.